The van der Waals surface area contributed by atoms with E-state index >= 15 is 0 Å². The third-order valence-electron chi connectivity index (χ3n) is 4.70. The molecule has 176 valence electrons. The van der Waals surface area contributed by atoms with Crippen LogP contribution in [0.25, 0.3) is 0 Å². The number of allylic oxidation sites excluding steroid dienone is 1. The molecular weight excluding hydrogens is 418 g/mol. The Kier molecular flexibility index (Phi) is 8.86. The molecule has 0 fully saturated rings. The zero-order valence-electron chi connectivity index (χ0n) is 19.1. The van der Waals surface area contributed by atoms with E-state index in [1.807, 2.05) is 27.7 Å². The maximum Gasteiger partial charge on any atom is 0.338 e. The van der Waals surface area contributed by atoms with Crippen LogP contribution in [0, 0.1) is 16.0 Å². The molecule has 1 unspecified atom stereocenters. The van der Waals surface area contributed by atoms with Crippen molar-refractivity contribution >= 4 is 17.7 Å². The predicted molar refractivity (Wildman–Crippen MR) is 118 cm³/mol. The summed E-state index contributed by atoms with van der Waals surface area (Å²) in [6, 6.07) is 1.22. The molecule has 1 aromatic rings. The minimum Gasteiger partial charge on any atom is -0.493 e. The van der Waals surface area contributed by atoms with Gasteiger partial charge >= 0.3 is 17.7 Å². The van der Waals surface area contributed by atoms with Gasteiger partial charge in [0.15, 0.2) is 0 Å². The van der Waals surface area contributed by atoms with Gasteiger partial charge in [0.1, 0.15) is 5.75 Å². The fourth-order valence-electron chi connectivity index (χ4n) is 3.31. The van der Waals surface area contributed by atoms with Gasteiger partial charge in [0.25, 0.3) is 0 Å². The molecule has 10 nitrogen and oxygen atoms in total. The van der Waals surface area contributed by atoms with E-state index in [1.165, 1.54) is 12.1 Å². The van der Waals surface area contributed by atoms with Crippen LogP contribution in [0.1, 0.15) is 59.1 Å². The molecular formula is C22H31N3O7. The first-order chi connectivity index (χ1) is 15.2. The summed E-state index contributed by atoms with van der Waals surface area (Å²) in [5.74, 6) is -0.465. The lowest BCUT2D eigenvalue weighted by atomic mass is 9.90. The van der Waals surface area contributed by atoms with Gasteiger partial charge in [-0.3, -0.25) is 10.1 Å². The van der Waals surface area contributed by atoms with Crippen molar-refractivity contribution in [1.82, 2.24) is 10.6 Å². The number of esters is 1. The van der Waals surface area contributed by atoms with Gasteiger partial charge in [-0.1, -0.05) is 27.7 Å². The molecule has 1 heterocycles. The first kappa shape index (κ1) is 25.0. The van der Waals surface area contributed by atoms with Gasteiger partial charge in [-0.15, -0.1) is 0 Å². The molecule has 0 bridgehead atoms. The molecule has 0 aliphatic carbocycles. The van der Waals surface area contributed by atoms with E-state index in [9.17, 15) is 19.7 Å². The Morgan fingerprint density at radius 2 is 1.75 bits per heavy atom. The minimum absolute atomic E-state index is 0.0673. The summed E-state index contributed by atoms with van der Waals surface area (Å²) in [4.78, 5) is 36.5. The minimum atomic E-state index is -0.994. The number of urea groups is 1. The summed E-state index contributed by atoms with van der Waals surface area (Å²) < 4.78 is 16.7. The fraction of sp³-hybridized carbons (Fsp3) is 0.545. The smallest absolute Gasteiger partial charge is 0.338 e. The molecule has 1 aliphatic rings. The number of ether oxygens (including phenoxy) is 3. The fourth-order valence-corrected chi connectivity index (χ4v) is 3.31. The van der Waals surface area contributed by atoms with Crippen LogP contribution in [0.4, 0.5) is 10.5 Å². The summed E-state index contributed by atoms with van der Waals surface area (Å²) in [6.07, 6.45) is 1.36. The maximum atomic E-state index is 12.9. The molecule has 1 atom stereocenters. The van der Waals surface area contributed by atoms with Gasteiger partial charge in [-0.25, -0.2) is 9.59 Å². The normalized spacial score (nSPS) is 15.8. The molecule has 1 aliphatic heterocycles. The molecule has 10 heteroatoms. The Balaban J connectivity index is 2.75. The lowest BCUT2D eigenvalue weighted by molar-refractivity contribution is -0.386. The summed E-state index contributed by atoms with van der Waals surface area (Å²) in [7, 11) is 0. The van der Waals surface area contributed by atoms with E-state index in [4.69, 9.17) is 14.2 Å². The Bertz CT molecular complexity index is 896. The third-order valence-corrected chi connectivity index (χ3v) is 4.70. The molecule has 0 saturated heterocycles. The van der Waals surface area contributed by atoms with Crippen LogP contribution < -0.4 is 20.1 Å². The van der Waals surface area contributed by atoms with Gasteiger partial charge in [-0.05, 0) is 25.7 Å². The van der Waals surface area contributed by atoms with Gasteiger partial charge in [0, 0.05) is 23.4 Å². The lowest BCUT2D eigenvalue weighted by Crippen LogP contribution is -2.47. The van der Waals surface area contributed by atoms with Crippen molar-refractivity contribution in [3.8, 4) is 11.5 Å². The molecule has 1 aromatic carbocycles. The number of rotatable bonds is 11. The van der Waals surface area contributed by atoms with E-state index < -0.39 is 23.0 Å². The largest absolute Gasteiger partial charge is 0.493 e. The van der Waals surface area contributed by atoms with Gasteiger partial charge in [0.05, 0.1) is 36.4 Å². The summed E-state index contributed by atoms with van der Waals surface area (Å²) in [5.41, 5.74) is 0.580. The second kappa shape index (κ2) is 11.4. The highest BCUT2D eigenvalue weighted by molar-refractivity contribution is 5.95. The third kappa shape index (κ3) is 5.68. The molecule has 0 aromatic heterocycles. The molecule has 2 amide bonds. The van der Waals surface area contributed by atoms with Crippen molar-refractivity contribution in [2.45, 2.75) is 53.5 Å². The lowest BCUT2D eigenvalue weighted by Gasteiger charge is -2.31. The van der Waals surface area contributed by atoms with Gasteiger partial charge in [-0.2, -0.15) is 0 Å². The Morgan fingerprint density at radius 1 is 1.12 bits per heavy atom. The number of hydrogen-bond donors (Lipinski definition) is 2. The van der Waals surface area contributed by atoms with Crippen LogP contribution in [0.15, 0.2) is 23.4 Å². The highest BCUT2D eigenvalue weighted by Gasteiger charge is 2.37. The monoisotopic (exact) mass is 449 g/mol. The zero-order chi connectivity index (χ0) is 23.8. The average Bonchev–Trinajstić information content (AvgIpc) is 2.75. The molecule has 0 saturated carbocycles. The van der Waals surface area contributed by atoms with Gasteiger partial charge < -0.3 is 24.8 Å². The summed E-state index contributed by atoms with van der Waals surface area (Å²) in [6.45, 7) is 9.92. The number of carbonyl (C=O) groups is 2. The number of amides is 2. The van der Waals surface area contributed by atoms with Crippen molar-refractivity contribution in [3.05, 3.63) is 39.1 Å². The summed E-state index contributed by atoms with van der Waals surface area (Å²) >= 11 is 0. The standard InChI is InChI=1S/C22H31N3O7/c1-6-9-31-16-12-17(32-10-7-2)15(25(28)29)11-14(16)20-18(21(26)30-8-3)19(13(4)5)23-22(27)24-20/h11-13,20H,6-10H2,1-5H3,(H2,23,24,27). The molecule has 0 spiro atoms. The van der Waals surface area contributed by atoms with Crippen LogP contribution >= 0.6 is 0 Å². The highest BCUT2D eigenvalue weighted by atomic mass is 16.6. The van der Waals surface area contributed by atoms with E-state index in [2.05, 4.69) is 10.6 Å². The van der Waals surface area contributed by atoms with E-state index in [1.54, 1.807) is 6.92 Å². The van der Waals surface area contributed by atoms with Gasteiger partial charge in [0.2, 0.25) is 5.75 Å². The van der Waals surface area contributed by atoms with Crippen LogP contribution in [0.3, 0.4) is 0 Å². The van der Waals surface area contributed by atoms with Crippen LogP contribution in [0.5, 0.6) is 11.5 Å². The highest BCUT2D eigenvalue weighted by Crippen LogP contribution is 2.41. The number of nitrogens with zero attached hydrogens (tertiary/aromatic N) is 1. The van der Waals surface area contributed by atoms with E-state index in [0.717, 1.165) is 0 Å². The molecule has 2 N–H and O–H groups in total. The van der Waals surface area contributed by atoms with E-state index in [-0.39, 0.29) is 35.1 Å². The maximum absolute atomic E-state index is 12.9. The van der Waals surface area contributed by atoms with Crippen molar-refractivity contribution < 1.29 is 28.7 Å². The Morgan fingerprint density at radius 3 is 2.28 bits per heavy atom. The van der Waals surface area contributed by atoms with Crippen molar-refractivity contribution in [2.75, 3.05) is 19.8 Å². The van der Waals surface area contributed by atoms with Crippen LogP contribution in [0.2, 0.25) is 0 Å². The number of benzene rings is 1. The van der Waals surface area contributed by atoms with Crippen LogP contribution in [-0.4, -0.2) is 36.7 Å². The number of nitro benzene ring substituents is 1. The second-order valence-corrected chi connectivity index (χ2v) is 7.55. The first-order valence-electron chi connectivity index (χ1n) is 10.8. The molecule has 32 heavy (non-hydrogen) atoms. The Hall–Kier alpha value is -3.30. The van der Waals surface area contributed by atoms with Crippen molar-refractivity contribution in [1.29, 1.82) is 0 Å². The number of hydrogen-bond acceptors (Lipinski definition) is 7. The second-order valence-electron chi connectivity index (χ2n) is 7.55. The van der Waals surface area contributed by atoms with Crippen LogP contribution in [-0.2, 0) is 9.53 Å². The number of nitrogens with one attached hydrogen (secondary N) is 2. The van der Waals surface area contributed by atoms with Crippen molar-refractivity contribution in [2.24, 2.45) is 5.92 Å². The predicted octanol–water partition coefficient (Wildman–Crippen LogP) is 4.00. The van der Waals surface area contributed by atoms with E-state index in [0.29, 0.717) is 37.5 Å². The topological polar surface area (TPSA) is 129 Å². The SMILES string of the molecule is CCCOc1cc(OCCC)c([N+](=O)[O-])cc1C1NC(=O)NC(C(C)C)=C1C(=O)OCC. The quantitative estimate of drug-likeness (QED) is 0.297. The number of carbonyl (C=O) groups excluding carboxylic acids is 2. The number of nitro groups is 1. The zero-order valence-corrected chi connectivity index (χ0v) is 19.1. The average molecular weight is 450 g/mol. The molecule has 2 rings (SSSR count). The first-order valence-corrected chi connectivity index (χ1v) is 10.8. The van der Waals surface area contributed by atoms with Crippen molar-refractivity contribution in [3.63, 3.8) is 0 Å². The molecule has 0 radical (unpaired) electrons. The summed E-state index contributed by atoms with van der Waals surface area (Å²) in [5, 5.41) is 17.2. The Labute approximate surface area is 187 Å².